The first kappa shape index (κ1) is 17.9. The molecular weight excluding hydrogens is 344 g/mol. The molecule has 1 amide bonds. The van der Waals surface area contributed by atoms with Crippen LogP contribution in [0.5, 0.6) is 0 Å². The van der Waals surface area contributed by atoms with E-state index in [0.717, 1.165) is 29.3 Å². The first-order valence-electron chi connectivity index (χ1n) is 9.53. The van der Waals surface area contributed by atoms with Gasteiger partial charge in [-0.15, -0.1) is 0 Å². The molecule has 4 aromatic rings. The van der Waals surface area contributed by atoms with Crippen LogP contribution in [0.15, 0.2) is 91.1 Å². The predicted octanol–water partition coefficient (Wildman–Crippen LogP) is 4.95. The monoisotopic (exact) mass is 366 g/mol. The maximum atomic E-state index is 12.5. The summed E-state index contributed by atoms with van der Waals surface area (Å²) in [6.45, 7) is 0.517. The first-order chi connectivity index (χ1) is 13.8. The van der Waals surface area contributed by atoms with Crippen molar-refractivity contribution in [3.05, 3.63) is 113 Å². The molecule has 1 heterocycles. The highest BCUT2D eigenvalue weighted by Gasteiger charge is 2.06. The smallest absolute Gasteiger partial charge is 0.251 e. The van der Waals surface area contributed by atoms with Crippen molar-refractivity contribution in [2.45, 2.75) is 19.4 Å². The van der Waals surface area contributed by atoms with Crippen molar-refractivity contribution in [2.75, 3.05) is 0 Å². The predicted molar refractivity (Wildman–Crippen MR) is 113 cm³/mol. The second kappa shape index (κ2) is 8.49. The Bertz CT molecular complexity index is 1070. The summed E-state index contributed by atoms with van der Waals surface area (Å²) < 4.78 is 0. The molecule has 1 aromatic heterocycles. The highest BCUT2D eigenvalue weighted by atomic mass is 16.1. The number of aryl methyl sites for hydroxylation is 2. The average Bonchev–Trinajstić information content (AvgIpc) is 2.77. The van der Waals surface area contributed by atoms with Crippen LogP contribution in [0.25, 0.3) is 10.9 Å². The molecule has 0 aliphatic carbocycles. The van der Waals surface area contributed by atoms with Crippen LogP contribution in [0.3, 0.4) is 0 Å². The summed E-state index contributed by atoms with van der Waals surface area (Å²) in [4.78, 5) is 16.7. The zero-order valence-electron chi connectivity index (χ0n) is 15.6. The fraction of sp³-hybridized carbons (Fsp3) is 0.120. The number of nitrogens with one attached hydrogen (secondary N) is 1. The quantitative estimate of drug-likeness (QED) is 0.525. The van der Waals surface area contributed by atoms with E-state index in [9.17, 15) is 4.79 Å². The second-order valence-corrected chi connectivity index (χ2v) is 6.90. The number of carbonyl (C=O) groups excluding carboxylic acids is 1. The van der Waals surface area contributed by atoms with E-state index in [1.165, 1.54) is 11.1 Å². The van der Waals surface area contributed by atoms with Crippen molar-refractivity contribution >= 4 is 16.8 Å². The molecule has 0 unspecified atom stereocenters. The van der Waals surface area contributed by atoms with Gasteiger partial charge in [-0.05, 0) is 53.8 Å². The number of aromatic nitrogens is 1. The van der Waals surface area contributed by atoms with Crippen LogP contribution >= 0.6 is 0 Å². The lowest BCUT2D eigenvalue weighted by Gasteiger charge is -2.08. The molecule has 0 radical (unpaired) electrons. The van der Waals surface area contributed by atoms with Crippen molar-refractivity contribution in [1.82, 2.24) is 10.3 Å². The van der Waals surface area contributed by atoms with Crippen LogP contribution in [-0.2, 0) is 19.4 Å². The maximum absolute atomic E-state index is 12.5. The molecule has 0 bridgehead atoms. The molecule has 0 atom stereocenters. The Balaban J connectivity index is 1.33. The molecule has 0 saturated heterocycles. The van der Waals surface area contributed by atoms with Gasteiger partial charge in [-0.1, -0.05) is 60.7 Å². The Kier molecular flexibility index (Phi) is 5.43. The van der Waals surface area contributed by atoms with Crippen molar-refractivity contribution in [2.24, 2.45) is 0 Å². The van der Waals surface area contributed by atoms with E-state index < -0.39 is 0 Å². The minimum Gasteiger partial charge on any atom is -0.348 e. The molecule has 3 nitrogen and oxygen atoms in total. The standard InChI is InChI=1S/C25H22N2O/c28-25(23-14-15-24-22(17-23)7-4-16-26-24)27-18-21-12-10-20(11-13-21)9-8-19-5-2-1-3-6-19/h1-7,10-17H,8-9,18H2,(H,27,28). The van der Waals surface area contributed by atoms with Crippen LogP contribution in [-0.4, -0.2) is 10.9 Å². The van der Waals surface area contributed by atoms with Crippen LogP contribution in [0.2, 0.25) is 0 Å². The second-order valence-electron chi connectivity index (χ2n) is 6.90. The highest BCUT2D eigenvalue weighted by Crippen LogP contribution is 2.14. The number of amides is 1. The number of fused-ring (bicyclic) bond motifs is 1. The lowest BCUT2D eigenvalue weighted by molar-refractivity contribution is 0.0951. The van der Waals surface area contributed by atoms with Crippen molar-refractivity contribution in [3.8, 4) is 0 Å². The molecule has 28 heavy (non-hydrogen) atoms. The normalized spacial score (nSPS) is 10.7. The van der Waals surface area contributed by atoms with Gasteiger partial charge >= 0.3 is 0 Å². The molecule has 1 N–H and O–H groups in total. The summed E-state index contributed by atoms with van der Waals surface area (Å²) in [6, 6.07) is 28.4. The van der Waals surface area contributed by atoms with E-state index >= 15 is 0 Å². The zero-order chi connectivity index (χ0) is 19.2. The van der Waals surface area contributed by atoms with Crippen molar-refractivity contribution in [1.29, 1.82) is 0 Å². The van der Waals surface area contributed by atoms with E-state index in [-0.39, 0.29) is 5.91 Å². The Morgan fingerprint density at radius 3 is 2.25 bits per heavy atom. The largest absolute Gasteiger partial charge is 0.348 e. The number of hydrogen-bond donors (Lipinski definition) is 1. The van der Waals surface area contributed by atoms with Crippen LogP contribution in [0.4, 0.5) is 0 Å². The van der Waals surface area contributed by atoms with Gasteiger partial charge in [0.15, 0.2) is 0 Å². The number of carbonyl (C=O) groups is 1. The Labute approximate surface area is 165 Å². The van der Waals surface area contributed by atoms with Gasteiger partial charge in [0.2, 0.25) is 0 Å². The van der Waals surface area contributed by atoms with Crippen LogP contribution in [0, 0.1) is 0 Å². The maximum Gasteiger partial charge on any atom is 0.251 e. The van der Waals surface area contributed by atoms with Gasteiger partial charge in [-0.2, -0.15) is 0 Å². The number of benzene rings is 3. The van der Waals surface area contributed by atoms with Gasteiger partial charge < -0.3 is 5.32 Å². The molecule has 3 heteroatoms. The topological polar surface area (TPSA) is 42.0 Å². The summed E-state index contributed by atoms with van der Waals surface area (Å²) in [6.07, 6.45) is 3.81. The van der Waals surface area contributed by atoms with E-state index in [2.05, 4.69) is 58.8 Å². The van der Waals surface area contributed by atoms with Gasteiger partial charge in [-0.25, -0.2) is 0 Å². The number of rotatable bonds is 6. The molecule has 0 saturated carbocycles. The lowest BCUT2D eigenvalue weighted by atomic mass is 10.0. The van der Waals surface area contributed by atoms with Crippen molar-refractivity contribution < 1.29 is 4.79 Å². The molecule has 0 aliphatic rings. The van der Waals surface area contributed by atoms with E-state index in [4.69, 9.17) is 0 Å². The molecule has 0 spiro atoms. The Morgan fingerprint density at radius 1 is 0.750 bits per heavy atom. The zero-order valence-corrected chi connectivity index (χ0v) is 15.6. The van der Waals surface area contributed by atoms with Gasteiger partial charge in [0, 0.05) is 23.7 Å². The van der Waals surface area contributed by atoms with Gasteiger partial charge in [-0.3, -0.25) is 9.78 Å². The lowest BCUT2D eigenvalue weighted by Crippen LogP contribution is -2.22. The van der Waals surface area contributed by atoms with E-state index in [1.807, 2.05) is 36.4 Å². The Hall–Kier alpha value is -3.46. The molecule has 0 fully saturated rings. The molecule has 4 rings (SSSR count). The number of nitrogens with zero attached hydrogens (tertiary/aromatic N) is 1. The summed E-state index contributed by atoms with van der Waals surface area (Å²) in [7, 11) is 0. The van der Waals surface area contributed by atoms with Crippen LogP contribution < -0.4 is 5.32 Å². The minimum atomic E-state index is -0.0705. The fourth-order valence-corrected chi connectivity index (χ4v) is 3.26. The fourth-order valence-electron chi connectivity index (χ4n) is 3.26. The highest BCUT2D eigenvalue weighted by molar-refractivity contribution is 5.97. The van der Waals surface area contributed by atoms with E-state index in [0.29, 0.717) is 12.1 Å². The third-order valence-corrected chi connectivity index (χ3v) is 4.89. The van der Waals surface area contributed by atoms with Gasteiger partial charge in [0.1, 0.15) is 0 Å². The van der Waals surface area contributed by atoms with Gasteiger partial charge in [0.05, 0.1) is 5.52 Å². The molecule has 3 aromatic carbocycles. The van der Waals surface area contributed by atoms with Gasteiger partial charge in [0.25, 0.3) is 5.91 Å². The number of pyridine rings is 1. The molecule has 138 valence electrons. The third-order valence-electron chi connectivity index (χ3n) is 4.89. The SMILES string of the molecule is O=C(NCc1ccc(CCc2ccccc2)cc1)c1ccc2ncccc2c1. The summed E-state index contributed by atoms with van der Waals surface area (Å²) in [5.74, 6) is -0.0705. The Morgan fingerprint density at radius 2 is 1.46 bits per heavy atom. The van der Waals surface area contributed by atoms with E-state index in [1.54, 1.807) is 6.20 Å². The number of hydrogen-bond acceptors (Lipinski definition) is 2. The van der Waals surface area contributed by atoms with Crippen LogP contribution in [0.1, 0.15) is 27.0 Å². The molecule has 0 aliphatic heterocycles. The van der Waals surface area contributed by atoms with Crippen molar-refractivity contribution in [3.63, 3.8) is 0 Å². The minimum absolute atomic E-state index is 0.0705. The summed E-state index contributed by atoms with van der Waals surface area (Å²) in [5, 5.41) is 3.97. The average molecular weight is 366 g/mol. The summed E-state index contributed by atoms with van der Waals surface area (Å²) in [5.41, 5.74) is 5.30. The molecular formula is C25H22N2O. The summed E-state index contributed by atoms with van der Waals surface area (Å²) >= 11 is 0. The third kappa shape index (κ3) is 4.44. The first-order valence-corrected chi connectivity index (χ1v) is 9.53.